The van der Waals surface area contributed by atoms with Gasteiger partial charge in [-0.15, -0.1) is 15.3 Å². The highest BCUT2D eigenvalue weighted by Crippen LogP contribution is 2.38. The molecule has 0 N–H and O–H groups in total. The van der Waals surface area contributed by atoms with Crippen LogP contribution in [0.1, 0.15) is 36.6 Å². The zero-order valence-electron chi connectivity index (χ0n) is 16.2. The van der Waals surface area contributed by atoms with Gasteiger partial charge in [-0.2, -0.15) is 4.52 Å². The second kappa shape index (κ2) is 7.42. The molecule has 3 heterocycles. The highest BCUT2D eigenvalue weighted by atomic mass is 19.1. The second-order valence-corrected chi connectivity index (χ2v) is 7.82. The average molecular weight is 394 g/mol. The van der Waals surface area contributed by atoms with Gasteiger partial charge in [0.05, 0.1) is 6.42 Å². The quantitative estimate of drug-likeness (QED) is 0.680. The Hall–Kier alpha value is -3.03. The Morgan fingerprint density at radius 3 is 2.62 bits per heavy atom. The summed E-state index contributed by atoms with van der Waals surface area (Å²) in [5.41, 5.74) is 1.62. The van der Waals surface area contributed by atoms with Gasteiger partial charge in [0, 0.05) is 32.1 Å². The zero-order valence-corrected chi connectivity index (χ0v) is 16.2. The molecule has 150 valence electrons. The van der Waals surface area contributed by atoms with E-state index < -0.39 is 0 Å². The first-order chi connectivity index (χ1) is 14.2. The van der Waals surface area contributed by atoms with Crippen LogP contribution in [0, 0.1) is 5.82 Å². The van der Waals surface area contributed by atoms with E-state index in [1.54, 1.807) is 12.1 Å². The lowest BCUT2D eigenvalue weighted by Gasteiger charge is -2.23. The van der Waals surface area contributed by atoms with Crippen molar-refractivity contribution in [3.05, 3.63) is 53.6 Å². The molecule has 1 saturated carbocycles. The van der Waals surface area contributed by atoms with Crippen LogP contribution in [0.2, 0.25) is 0 Å². The molecule has 1 saturated heterocycles. The van der Waals surface area contributed by atoms with Crippen molar-refractivity contribution in [3.63, 3.8) is 0 Å². The van der Waals surface area contributed by atoms with Crippen molar-refractivity contribution in [1.29, 1.82) is 0 Å². The Labute approximate surface area is 168 Å². The zero-order chi connectivity index (χ0) is 19.8. The second-order valence-electron chi connectivity index (χ2n) is 7.82. The fourth-order valence-corrected chi connectivity index (χ4v) is 3.85. The average Bonchev–Trinajstić information content (AvgIpc) is 3.53. The van der Waals surface area contributed by atoms with Gasteiger partial charge in [0.25, 0.3) is 0 Å². The SMILES string of the molecule is O=C(Cc1ccc(F)cc1)N1CCCN(c2ccc3nnc(C4CC4)n3n2)CC1. The van der Waals surface area contributed by atoms with E-state index in [-0.39, 0.29) is 11.7 Å². The molecule has 0 unspecified atom stereocenters. The molecule has 2 aromatic heterocycles. The van der Waals surface area contributed by atoms with Gasteiger partial charge in [-0.3, -0.25) is 4.79 Å². The lowest BCUT2D eigenvalue weighted by atomic mass is 10.1. The summed E-state index contributed by atoms with van der Waals surface area (Å²) in [5.74, 6) is 2.13. The highest BCUT2D eigenvalue weighted by Gasteiger charge is 2.29. The maximum absolute atomic E-state index is 13.1. The monoisotopic (exact) mass is 394 g/mol. The normalized spacial score (nSPS) is 17.6. The first kappa shape index (κ1) is 18.0. The van der Waals surface area contributed by atoms with Crippen molar-refractivity contribution in [2.24, 2.45) is 0 Å². The van der Waals surface area contributed by atoms with E-state index in [4.69, 9.17) is 5.10 Å². The Morgan fingerprint density at radius 1 is 1.00 bits per heavy atom. The molecular weight excluding hydrogens is 371 g/mol. The van der Waals surface area contributed by atoms with Crippen molar-refractivity contribution in [2.75, 3.05) is 31.1 Å². The minimum Gasteiger partial charge on any atom is -0.353 e. The van der Waals surface area contributed by atoms with Gasteiger partial charge < -0.3 is 9.80 Å². The van der Waals surface area contributed by atoms with Gasteiger partial charge in [-0.05, 0) is 49.1 Å². The Morgan fingerprint density at radius 2 is 1.83 bits per heavy atom. The summed E-state index contributed by atoms with van der Waals surface area (Å²) in [4.78, 5) is 16.8. The molecule has 0 radical (unpaired) electrons. The van der Waals surface area contributed by atoms with Crippen molar-refractivity contribution >= 4 is 17.4 Å². The van der Waals surface area contributed by atoms with Gasteiger partial charge in [0.1, 0.15) is 11.6 Å². The molecule has 8 heteroatoms. The molecule has 1 aliphatic carbocycles. The number of fused-ring (bicyclic) bond motifs is 1. The number of halogens is 1. The van der Waals surface area contributed by atoms with Crippen LogP contribution in [0.3, 0.4) is 0 Å². The fourth-order valence-electron chi connectivity index (χ4n) is 3.85. The van der Waals surface area contributed by atoms with E-state index in [9.17, 15) is 9.18 Å². The van der Waals surface area contributed by atoms with Gasteiger partial charge in [-0.25, -0.2) is 4.39 Å². The number of rotatable bonds is 4. The number of hydrogen-bond acceptors (Lipinski definition) is 5. The molecule has 1 aliphatic heterocycles. The largest absolute Gasteiger partial charge is 0.353 e. The highest BCUT2D eigenvalue weighted by molar-refractivity contribution is 5.78. The summed E-state index contributed by atoms with van der Waals surface area (Å²) in [5, 5.41) is 13.3. The fraction of sp³-hybridized carbons (Fsp3) is 0.429. The molecule has 3 aromatic rings. The van der Waals surface area contributed by atoms with Crippen LogP contribution in [-0.2, 0) is 11.2 Å². The molecule has 29 heavy (non-hydrogen) atoms. The first-order valence-electron chi connectivity index (χ1n) is 10.2. The summed E-state index contributed by atoms with van der Waals surface area (Å²) >= 11 is 0. The summed E-state index contributed by atoms with van der Waals surface area (Å²) in [6.45, 7) is 2.95. The van der Waals surface area contributed by atoms with Gasteiger partial charge in [0.15, 0.2) is 11.5 Å². The van der Waals surface area contributed by atoms with Gasteiger partial charge >= 0.3 is 0 Å². The summed E-state index contributed by atoms with van der Waals surface area (Å²) in [6, 6.07) is 10.1. The van der Waals surface area contributed by atoms with Crippen LogP contribution in [0.5, 0.6) is 0 Å². The number of carbonyl (C=O) groups is 1. The molecule has 1 amide bonds. The van der Waals surface area contributed by atoms with Crippen molar-refractivity contribution in [1.82, 2.24) is 24.7 Å². The Bertz CT molecular complexity index is 1030. The smallest absolute Gasteiger partial charge is 0.227 e. The van der Waals surface area contributed by atoms with E-state index in [1.165, 1.54) is 12.1 Å². The van der Waals surface area contributed by atoms with Gasteiger partial charge in [-0.1, -0.05) is 12.1 Å². The third kappa shape index (κ3) is 3.79. The first-order valence-corrected chi connectivity index (χ1v) is 10.2. The standard InChI is InChI=1S/C21H23FN6O/c22-17-6-2-15(3-7-17)14-20(29)27-11-1-10-26(12-13-27)19-9-8-18-23-24-21(16-4-5-16)28(18)25-19/h2-3,6-9,16H,1,4-5,10-14H2. The number of hydrogen-bond donors (Lipinski definition) is 0. The molecule has 0 spiro atoms. The predicted molar refractivity (Wildman–Crippen MR) is 106 cm³/mol. The van der Waals surface area contributed by atoms with Crippen molar-refractivity contribution in [2.45, 2.75) is 31.6 Å². The number of nitrogens with zero attached hydrogens (tertiary/aromatic N) is 6. The number of benzene rings is 1. The molecule has 0 atom stereocenters. The lowest BCUT2D eigenvalue weighted by Crippen LogP contribution is -2.36. The van der Waals surface area contributed by atoms with Crippen LogP contribution in [0.15, 0.2) is 36.4 Å². The number of anilines is 1. The minimum absolute atomic E-state index is 0.0803. The Balaban J connectivity index is 1.27. The summed E-state index contributed by atoms with van der Waals surface area (Å²) in [7, 11) is 0. The summed E-state index contributed by atoms with van der Waals surface area (Å²) in [6.07, 6.45) is 3.49. The van der Waals surface area contributed by atoms with Crippen LogP contribution in [0.25, 0.3) is 5.65 Å². The third-order valence-electron chi connectivity index (χ3n) is 5.66. The van der Waals surface area contributed by atoms with Crippen LogP contribution >= 0.6 is 0 Å². The van der Waals surface area contributed by atoms with E-state index in [1.807, 2.05) is 21.5 Å². The maximum atomic E-state index is 13.1. The number of amides is 1. The molecule has 7 nitrogen and oxygen atoms in total. The van der Waals surface area contributed by atoms with Crippen LogP contribution < -0.4 is 4.90 Å². The van der Waals surface area contributed by atoms with Crippen molar-refractivity contribution in [3.8, 4) is 0 Å². The van der Waals surface area contributed by atoms with E-state index >= 15 is 0 Å². The van der Waals surface area contributed by atoms with Gasteiger partial charge in [0.2, 0.25) is 5.91 Å². The summed E-state index contributed by atoms with van der Waals surface area (Å²) < 4.78 is 14.9. The predicted octanol–water partition coefficient (Wildman–Crippen LogP) is 2.42. The van der Waals surface area contributed by atoms with Crippen LogP contribution in [-0.4, -0.2) is 56.8 Å². The topological polar surface area (TPSA) is 66.6 Å². The minimum atomic E-state index is -0.283. The third-order valence-corrected chi connectivity index (χ3v) is 5.66. The molecule has 1 aromatic carbocycles. The van der Waals surface area contributed by atoms with Crippen LogP contribution in [0.4, 0.5) is 10.2 Å². The van der Waals surface area contributed by atoms with E-state index in [0.29, 0.717) is 18.9 Å². The maximum Gasteiger partial charge on any atom is 0.227 e. The molecule has 5 rings (SSSR count). The van der Waals surface area contributed by atoms with Crippen molar-refractivity contribution < 1.29 is 9.18 Å². The Kier molecular flexibility index (Phi) is 4.61. The lowest BCUT2D eigenvalue weighted by molar-refractivity contribution is -0.130. The van der Waals surface area contributed by atoms with E-state index in [0.717, 1.165) is 61.7 Å². The van der Waals surface area contributed by atoms with E-state index in [2.05, 4.69) is 15.1 Å². The molecule has 0 bridgehead atoms. The number of aromatic nitrogens is 4. The molecular formula is C21H23FN6O. The molecule has 2 fully saturated rings. The molecule has 2 aliphatic rings. The number of carbonyl (C=O) groups excluding carboxylic acids is 1.